The Balaban J connectivity index is 2.08. The molecule has 0 bridgehead atoms. The summed E-state index contributed by atoms with van der Waals surface area (Å²) in [5, 5.41) is 17.1. The fourth-order valence-electron chi connectivity index (χ4n) is 3.20. The molecule has 2 aromatic carbocycles. The van der Waals surface area contributed by atoms with Crippen LogP contribution in [0.25, 0.3) is 0 Å². The van der Waals surface area contributed by atoms with Crippen LogP contribution < -0.4 is 5.56 Å². The van der Waals surface area contributed by atoms with E-state index in [1.807, 2.05) is 36.4 Å². The summed E-state index contributed by atoms with van der Waals surface area (Å²) in [5.74, 6) is -0.0527. The van der Waals surface area contributed by atoms with Crippen LogP contribution in [0.3, 0.4) is 0 Å². The van der Waals surface area contributed by atoms with E-state index in [4.69, 9.17) is 0 Å². The van der Waals surface area contributed by atoms with Crippen molar-refractivity contribution in [2.24, 2.45) is 12.2 Å². The lowest BCUT2D eigenvalue weighted by molar-refractivity contribution is 0.317. The molecule has 6 heteroatoms. The van der Waals surface area contributed by atoms with Crippen molar-refractivity contribution in [3.63, 3.8) is 0 Å². The quantitative estimate of drug-likeness (QED) is 0.377. The van der Waals surface area contributed by atoms with Gasteiger partial charge in [-0.2, -0.15) is 5.10 Å². The fourth-order valence-corrected chi connectivity index (χ4v) is 3.47. The average Bonchev–Trinajstić information content (AvgIpc) is 2.67. The minimum atomic E-state index is -0.287. The van der Waals surface area contributed by atoms with Gasteiger partial charge in [0.2, 0.25) is 0 Å². The highest BCUT2D eigenvalue weighted by Gasteiger charge is 2.22. The summed E-state index contributed by atoms with van der Waals surface area (Å²) in [6.07, 6.45) is 1.92. The molecule has 0 saturated carbocycles. The predicted molar refractivity (Wildman–Crippen MR) is 110 cm³/mol. The number of nitrogens with zero attached hydrogens (tertiary/aromatic N) is 3. The van der Waals surface area contributed by atoms with Crippen LogP contribution in [-0.4, -0.2) is 20.7 Å². The second-order valence-corrected chi connectivity index (χ2v) is 7.30. The van der Waals surface area contributed by atoms with Crippen LogP contribution in [0.5, 0.6) is 0 Å². The van der Waals surface area contributed by atoms with E-state index in [1.165, 1.54) is 10.9 Å². The highest BCUT2D eigenvalue weighted by molar-refractivity contribution is 9.10. The van der Waals surface area contributed by atoms with Crippen molar-refractivity contribution >= 4 is 21.6 Å². The summed E-state index contributed by atoms with van der Waals surface area (Å²) in [5.41, 5.74) is 3.77. The van der Waals surface area contributed by atoms with Gasteiger partial charge in [-0.15, -0.1) is 0 Å². The van der Waals surface area contributed by atoms with E-state index in [0.29, 0.717) is 17.7 Å². The van der Waals surface area contributed by atoms with Crippen LogP contribution in [-0.2, 0) is 7.05 Å². The van der Waals surface area contributed by atoms with E-state index in [9.17, 15) is 10.0 Å². The van der Waals surface area contributed by atoms with E-state index in [2.05, 4.69) is 45.2 Å². The van der Waals surface area contributed by atoms with Crippen LogP contribution in [0.15, 0.2) is 75.2 Å². The second kappa shape index (κ2) is 8.31. The molecular formula is C21H20BrN3O2. The van der Waals surface area contributed by atoms with Gasteiger partial charge in [0, 0.05) is 30.1 Å². The van der Waals surface area contributed by atoms with E-state index >= 15 is 0 Å². The van der Waals surface area contributed by atoms with Gasteiger partial charge in [-0.25, -0.2) is 4.68 Å². The van der Waals surface area contributed by atoms with Gasteiger partial charge >= 0.3 is 0 Å². The first-order valence-electron chi connectivity index (χ1n) is 8.56. The normalized spacial score (nSPS) is 12.8. The maximum atomic E-state index is 12.4. The maximum Gasteiger partial charge on any atom is 0.275 e. The van der Waals surface area contributed by atoms with Gasteiger partial charge in [-0.3, -0.25) is 4.79 Å². The number of hydrogen-bond acceptors (Lipinski definition) is 4. The van der Waals surface area contributed by atoms with E-state index in [0.717, 1.165) is 21.2 Å². The van der Waals surface area contributed by atoms with Crippen molar-refractivity contribution in [3.8, 4) is 0 Å². The van der Waals surface area contributed by atoms with Gasteiger partial charge < -0.3 is 5.21 Å². The van der Waals surface area contributed by atoms with E-state index in [1.54, 1.807) is 13.1 Å². The standard InChI is InChI=1S/C21H20BrN3O2/c1-14-5-3-4-6-17(14)19(15-7-9-16(22)10-8-15)13-20(24-27)18-11-12-23-25(2)21(18)26/h3-12,19,27H,13H2,1-2H3/t19-/m0/s1. The number of aromatic nitrogens is 2. The monoisotopic (exact) mass is 425 g/mol. The third-order valence-corrected chi connectivity index (χ3v) is 5.20. The Hall–Kier alpha value is -2.73. The summed E-state index contributed by atoms with van der Waals surface area (Å²) < 4.78 is 2.23. The van der Waals surface area contributed by atoms with Gasteiger partial charge in [-0.1, -0.05) is 57.5 Å². The summed E-state index contributed by atoms with van der Waals surface area (Å²) >= 11 is 3.47. The molecule has 1 aromatic heterocycles. The fraction of sp³-hybridized carbons (Fsp3) is 0.190. The molecule has 0 unspecified atom stereocenters. The minimum absolute atomic E-state index is 0.0527. The van der Waals surface area contributed by atoms with Gasteiger partial charge in [0.15, 0.2) is 0 Å². The third-order valence-electron chi connectivity index (χ3n) is 4.67. The largest absolute Gasteiger partial charge is 0.411 e. The van der Waals surface area contributed by atoms with E-state index in [-0.39, 0.29) is 11.5 Å². The Bertz CT molecular complexity index is 1030. The van der Waals surface area contributed by atoms with Gasteiger partial charge in [0.05, 0.1) is 11.3 Å². The molecule has 1 N–H and O–H groups in total. The Morgan fingerprint density at radius 1 is 1.19 bits per heavy atom. The van der Waals surface area contributed by atoms with Gasteiger partial charge in [-0.05, 0) is 41.8 Å². The minimum Gasteiger partial charge on any atom is -0.411 e. The van der Waals surface area contributed by atoms with Crippen molar-refractivity contribution in [1.82, 2.24) is 9.78 Å². The zero-order valence-corrected chi connectivity index (χ0v) is 16.7. The molecule has 0 amide bonds. The SMILES string of the molecule is Cc1ccccc1[C@@H](CC(=NO)c1ccnn(C)c1=O)c1ccc(Br)cc1. The second-order valence-electron chi connectivity index (χ2n) is 6.39. The first-order chi connectivity index (χ1) is 13.0. The summed E-state index contributed by atoms with van der Waals surface area (Å²) in [6.45, 7) is 2.06. The Labute approximate surface area is 166 Å². The van der Waals surface area contributed by atoms with Crippen molar-refractivity contribution in [3.05, 3.63) is 97.9 Å². The highest BCUT2D eigenvalue weighted by atomic mass is 79.9. The molecule has 0 spiro atoms. The van der Waals surface area contributed by atoms with Crippen LogP contribution in [0.4, 0.5) is 0 Å². The van der Waals surface area contributed by atoms with Gasteiger partial charge in [0.1, 0.15) is 0 Å². The molecule has 0 aliphatic heterocycles. The van der Waals surface area contributed by atoms with Crippen LogP contribution in [0.1, 0.15) is 34.6 Å². The van der Waals surface area contributed by atoms with Crippen molar-refractivity contribution in [1.29, 1.82) is 0 Å². The average molecular weight is 426 g/mol. The molecule has 0 aliphatic carbocycles. The number of benzene rings is 2. The molecule has 0 saturated heterocycles. The summed E-state index contributed by atoms with van der Waals surface area (Å²) in [6, 6.07) is 17.8. The molecule has 5 nitrogen and oxygen atoms in total. The molecule has 1 atom stereocenters. The third kappa shape index (κ3) is 4.17. The highest BCUT2D eigenvalue weighted by Crippen LogP contribution is 2.32. The van der Waals surface area contributed by atoms with Crippen LogP contribution in [0.2, 0.25) is 0 Å². The smallest absolute Gasteiger partial charge is 0.275 e. The number of halogens is 1. The Morgan fingerprint density at radius 3 is 2.56 bits per heavy atom. The van der Waals surface area contributed by atoms with Crippen molar-refractivity contribution in [2.75, 3.05) is 0 Å². The lowest BCUT2D eigenvalue weighted by Gasteiger charge is -2.21. The molecule has 138 valence electrons. The number of rotatable bonds is 5. The lowest BCUT2D eigenvalue weighted by atomic mass is 9.83. The zero-order valence-electron chi connectivity index (χ0n) is 15.1. The number of oxime groups is 1. The van der Waals surface area contributed by atoms with Crippen LogP contribution >= 0.6 is 15.9 Å². The van der Waals surface area contributed by atoms with E-state index < -0.39 is 0 Å². The molecular weight excluding hydrogens is 406 g/mol. The maximum absolute atomic E-state index is 12.4. The summed E-state index contributed by atoms with van der Waals surface area (Å²) in [4.78, 5) is 12.4. The molecule has 0 aliphatic rings. The first-order valence-corrected chi connectivity index (χ1v) is 9.35. The van der Waals surface area contributed by atoms with Crippen LogP contribution in [0, 0.1) is 6.92 Å². The molecule has 0 fully saturated rings. The Kier molecular flexibility index (Phi) is 5.86. The Morgan fingerprint density at radius 2 is 1.89 bits per heavy atom. The molecule has 3 rings (SSSR count). The number of hydrogen-bond donors (Lipinski definition) is 1. The van der Waals surface area contributed by atoms with Crippen molar-refractivity contribution in [2.45, 2.75) is 19.3 Å². The molecule has 27 heavy (non-hydrogen) atoms. The predicted octanol–water partition coefficient (Wildman–Crippen LogP) is 4.25. The topological polar surface area (TPSA) is 67.5 Å². The number of aryl methyl sites for hydroxylation is 2. The summed E-state index contributed by atoms with van der Waals surface area (Å²) in [7, 11) is 1.58. The molecule has 3 aromatic rings. The first kappa shape index (κ1) is 19.0. The molecule has 1 heterocycles. The van der Waals surface area contributed by atoms with Crippen molar-refractivity contribution < 1.29 is 5.21 Å². The zero-order chi connectivity index (χ0) is 19.4. The molecule has 0 radical (unpaired) electrons. The van der Waals surface area contributed by atoms with Gasteiger partial charge in [0.25, 0.3) is 5.56 Å². The lowest BCUT2D eigenvalue weighted by Crippen LogP contribution is -2.27.